The molecular formula is C23H28O9. The SMILES string of the molecule is COCCOCOc1ccc(CC(=O)O)cc1-c1cccc(C=O)c1OCOCCOC. The second kappa shape index (κ2) is 14.2. The van der Waals surface area contributed by atoms with E-state index in [4.69, 9.17) is 28.4 Å². The third-order valence-electron chi connectivity index (χ3n) is 4.31. The molecule has 0 saturated carbocycles. The molecule has 0 atom stereocenters. The van der Waals surface area contributed by atoms with Crippen LogP contribution in [0, 0.1) is 0 Å². The molecule has 174 valence electrons. The van der Waals surface area contributed by atoms with Gasteiger partial charge in [0.25, 0.3) is 0 Å². The number of hydrogen-bond acceptors (Lipinski definition) is 8. The van der Waals surface area contributed by atoms with E-state index >= 15 is 0 Å². The lowest BCUT2D eigenvalue weighted by Gasteiger charge is -2.18. The van der Waals surface area contributed by atoms with Gasteiger partial charge in [-0.05, 0) is 23.8 Å². The van der Waals surface area contributed by atoms with Crippen LogP contribution in [-0.4, -0.2) is 71.6 Å². The number of carboxylic acid groups (broad SMARTS) is 1. The smallest absolute Gasteiger partial charge is 0.307 e. The monoisotopic (exact) mass is 448 g/mol. The Kier molecular flexibility index (Phi) is 11.2. The number of methoxy groups -OCH3 is 2. The number of hydrogen-bond donors (Lipinski definition) is 1. The average Bonchev–Trinajstić information content (AvgIpc) is 2.79. The van der Waals surface area contributed by atoms with Gasteiger partial charge in [-0.1, -0.05) is 18.2 Å². The van der Waals surface area contributed by atoms with Crippen LogP contribution in [-0.2, 0) is 30.2 Å². The van der Waals surface area contributed by atoms with Crippen LogP contribution in [0.25, 0.3) is 11.1 Å². The first-order valence-electron chi connectivity index (χ1n) is 9.93. The van der Waals surface area contributed by atoms with E-state index < -0.39 is 5.97 Å². The van der Waals surface area contributed by atoms with E-state index in [1.54, 1.807) is 50.6 Å². The summed E-state index contributed by atoms with van der Waals surface area (Å²) in [7, 11) is 3.14. The summed E-state index contributed by atoms with van der Waals surface area (Å²) >= 11 is 0. The van der Waals surface area contributed by atoms with Gasteiger partial charge in [-0.25, -0.2) is 0 Å². The van der Waals surface area contributed by atoms with Crippen molar-refractivity contribution < 1.29 is 43.1 Å². The molecule has 0 aromatic heterocycles. The van der Waals surface area contributed by atoms with Gasteiger partial charge in [0.1, 0.15) is 11.5 Å². The molecule has 1 N–H and O–H groups in total. The molecule has 0 radical (unpaired) electrons. The lowest BCUT2D eigenvalue weighted by Crippen LogP contribution is -2.10. The highest BCUT2D eigenvalue weighted by molar-refractivity contribution is 5.88. The van der Waals surface area contributed by atoms with Crippen molar-refractivity contribution in [1.29, 1.82) is 0 Å². The maximum absolute atomic E-state index is 11.6. The van der Waals surface area contributed by atoms with Crippen LogP contribution in [0.1, 0.15) is 15.9 Å². The van der Waals surface area contributed by atoms with E-state index in [1.807, 2.05) is 0 Å². The number of aliphatic carboxylic acids is 1. The van der Waals surface area contributed by atoms with Gasteiger partial charge < -0.3 is 33.5 Å². The van der Waals surface area contributed by atoms with Crippen molar-refractivity contribution in [2.75, 3.05) is 54.2 Å². The predicted octanol–water partition coefficient (Wildman–Crippen LogP) is 2.79. The van der Waals surface area contributed by atoms with E-state index in [9.17, 15) is 14.7 Å². The van der Waals surface area contributed by atoms with Crippen molar-refractivity contribution in [2.24, 2.45) is 0 Å². The van der Waals surface area contributed by atoms with Gasteiger partial charge in [-0.2, -0.15) is 0 Å². The average molecular weight is 448 g/mol. The summed E-state index contributed by atoms with van der Waals surface area (Å²) in [5.41, 5.74) is 2.02. The van der Waals surface area contributed by atoms with E-state index in [0.717, 1.165) is 0 Å². The first kappa shape index (κ1) is 25.3. The van der Waals surface area contributed by atoms with Crippen molar-refractivity contribution in [3.8, 4) is 22.6 Å². The molecule has 2 aromatic carbocycles. The Morgan fingerprint density at radius 2 is 1.59 bits per heavy atom. The molecule has 0 aliphatic heterocycles. The minimum absolute atomic E-state index is 0.0294. The molecule has 2 aromatic rings. The molecule has 0 bridgehead atoms. The number of carbonyl (C=O) groups excluding carboxylic acids is 1. The van der Waals surface area contributed by atoms with Gasteiger partial charge >= 0.3 is 5.97 Å². The van der Waals surface area contributed by atoms with Gasteiger partial charge in [0.15, 0.2) is 19.9 Å². The predicted molar refractivity (Wildman–Crippen MR) is 115 cm³/mol. The third-order valence-corrected chi connectivity index (χ3v) is 4.31. The van der Waals surface area contributed by atoms with Crippen molar-refractivity contribution in [3.05, 3.63) is 47.5 Å². The highest BCUT2D eigenvalue weighted by Gasteiger charge is 2.17. The van der Waals surface area contributed by atoms with Crippen LogP contribution in [0.2, 0.25) is 0 Å². The van der Waals surface area contributed by atoms with Crippen LogP contribution in [0.3, 0.4) is 0 Å². The lowest BCUT2D eigenvalue weighted by atomic mass is 9.98. The fourth-order valence-corrected chi connectivity index (χ4v) is 2.83. The maximum atomic E-state index is 11.6. The lowest BCUT2D eigenvalue weighted by molar-refractivity contribution is -0.136. The maximum Gasteiger partial charge on any atom is 0.307 e. The van der Waals surface area contributed by atoms with Crippen LogP contribution < -0.4 is 9.47 Å². The largest absolute Gasteiger partial charge is 0.481 e. The molecule has 32 heavy (non-hydrogen) atoms. The van der Waals surface area contributed by atoms with E-state index in [1.165, 1.54) is 0 Å². The number of aldehydes is 1. The number of ether oxygens (including phenoxy) is 6. The number of para-hydroxylation sites is 1. The number of benzene rings is 2. The first-order chi connectivity index (χ1) is 15.6. The van der Waals surface area contributed by atoms with Gasteiger partial charge in [-0.15, -0.1) is 0 Å². The number of carbonyl (C=O) groups is 2. The Morgan fingerprint density at radius 1 is 0.906 bits per heavy atom. The fourth-order valence-electron chi connectivity index (χ4n) is 2.83. The molecule has 0 aliphatic rings. The van der Waals surface area contributed by atoms with Crippen molar-refractivity contribution in [1.82, 2.24) is 0 Å². The fraction of sp³-hybridized carbons (Fsp3) is 0.391. The molecule has 9 nitrogen and oxygen atoms in total. The summed E-state index contributed by atoms with van der Waals surface area (Å²) in [4.78, 5) is 22.8. The highest BCUT2D eigenvalue weighted by Crippen LogP contribution is 2.39. The summed E-state index contributed by atoms with van der Waals surface area (Å²) in [6.07, 6.45) is 0.519. The van der Waals surface area contributed by atoms with E-state index in [-0.39, 0.29) is 20.0 Å². The Morgan fingerprint density at radius 3 is 2.22 bits per heavy atom. The Hall–Kier alpha value is -2.98. The summed E-state index contributed by atoms with van der Waals surface area (Å²) in [5, 5.41) is 9.18. The van der Waals surface area contributed by atoms with Gasteiger partial charge in [0, 0.05) is 25.3 Å². The quantitative estimate of drug-likeness (QED) is 0.235. The molecule has 0 amide bonds. The first-order valence-corrected chi connectivity index (χ1v) is 9.93. The second-order valence-electron chi connectivity index (χ2n) is 6.57. The molecule has 9 heteroatoms. The Bertz CT molecular complexity index is 867. The molecule has 0 heterocycles. The van der Waals surface area contributed by atoms with Crippen molar-refractivity contribution in [2.45, 2.75) is 6.42 Å². The molecule has 0 spiro atoms. The van der Waals surface area contributed by atoms with E-state index in [0.29, 0.717) is 66.5 Å². The molecule has 0 aliphatic carbocycles. The van der Waals surface area contributed by atoms with Crippen molar-refractivity contribution >= 4 is 12.3 Å². The topological polar surface area (TPSA) is 110 Å². The summed E-state index contributed by atoms with van der Waals surface area (Å²) in [5.74, 6) is -0.209. The highest BCUT2D eigenvalue weighted by atomic mass is 16.7. The molecule has 2 rings (SSSR count). The normalized spacial score (nSPS) is 10.7. The van der Waals surface area contributed by atoms with Gasteiger partial charge in [-0.3, -0.25) is 9.59 Å². The zero-order chi connectivity index (χ0) is 23.2. The third kappa shape index (κ3) is 7.93. The van der Waals surface area contributed by atoms with Crippen LogP contribution in [0.15, 0.2) is 36.4 Å². The van der Waals surface area contributed by atoms with Gasteiger partial charge in [0.05, 0.1) is 38.4 Å². The minimum atomic E-state index is -0.961. The summed E-state index contributed by atoms with van der Waals surface area (Å²) in [6.45, 7) is 1.40. The molecule has 0 saturated heterocycles. The standard InChI is InChI=1S/C23H28O9/c1-27-8-10-29-15-31-21-7-6-17(13-22(25)26)12-20(21)19-5-3-4-18(14-24)23(19)32-16-30-11-9-28-2/h3-7,12,14H,8-11,13,15-16H2,1-2H3,(H,25,26). The summed E-state index contributed by atoms with van der Waals surface area (Å²) < 4.78 is 32.2. The van der Waals surface area contributed by atoms with Crippen LogP contribution >= 0.6 is 0 Å². The number of rotatable bonds is 16. The second-order valence-corrected chi connectivity index (χ2v) is 6.57. The molecular weight excluding hydrogens is 420 g/mol. The zero-order valence-electron chi connectivity index (χ0n) is 18.2. The van der Waals surface area contributed by atoms with E-state index in [2.05, 4.69) is 0 Å². The van der Waals surface area contributed by atoms with Crippen LogP contribution in [0.5, 0.6) is 11.5 Å². The van der Waals surface area contributed by atoms with Gasteiger partial charge in [0.2, 0.25) is 0 Å². The van der Waals surface area contributed by atoms with Crippen LogP contribution in [0.4, 0.5) is 0 Å². The summed E-state index contributed by atoms with van der Waals surface area (Å²) in [6, 6.07) is 10.1. The zero-order valence-corrected chi connectivity index (χ0v) is 18.2. The molecule has 0 fully saturated rings. The Labute approximate surface area is 186 Å². The Balaban J connectivity index is 2.36. The van der Waals surface area contributed by atoms with Crippen molar-refractivity contribution in [3.63, 3.8) is 0 Å². The number of carboxylic acids is 1. The minimum Gasteiger partial charge on any atom is -0.481 e. The molecule has 0 unspecified atom stereocenters.